The molecule has 0 amide bonds. The average molecular weight is 453 g/mol. The fraction of sp³-hybridized carbons (Fsp3) is 0.567. The first-order valence-electron chi connectivity index (χ1n) is 11.9. The summed E-state index contributed by atoms with van der Waals surface area (Å²) in [6.07, 6.45) is 0. The maximum absolute atomic E-state index is 13.5. The molecular formula is C30H44O3. The van der Waals surface area contributed by atoms with Gasteiger partial charge in [0.15, 0.2) is 0 Å². The van der Waals surface area contributed by atoms with Crippen molar-refractivity contribution in [3.05, 3.63) is 57.6 Å². The maximum atomic E-state index is 13.5. The lowest BCUT2D eigenvalue weighted by molar-refractivity contribution is 0.0731. The number of hydrogen-bond donors (Lipinski definition) is 1. The SMILES string of the molecule is Cc1cc(OC(=O)c2cc(C(C)(C)C)c(O)c(C(C)(C)C)c2)c(C(C)(C)C)cc1C(C)(C)C. The lowest BCUT2D eigenvalue weighted by Crippen LogP contribution is -2.22. The summed E-state index contributed by atoms with van der Waals surface area (Å²) in [7, 11) is 0. The van der Waals surface area contributed by atoms with Gasteiger partial charge in [-0.05, 0) is 57.9 Å². The minimum absolute atomic E-state index is 0.00714. The summed E-state index contributed by atoms with van der Waals surface area (Å²) < 4.78 is 6.06. The van der Waals surface area contributed by atoms with E-state index in [0.29, 0.717) is 11.3 Å². The molecule has 0 aromatic heterocycles. The van der Waals surface area contributed by atoms with Crippen LogP contribution in [0.1, 0.15) is 121 Å². The van der Waals surface area contributed by atoms with Gasteiger partial charge < -0.3 is 9.84 Å². The van der Waals surface area contributed by atoms with Crippen LogP contribution in [-0.2, 0) is 21.7 Å². The van der Waals surface area contributed by atoms with Crippen molar-refractivity contribution in [3.63, 3.8) is 0 Å². The van der Waals surface area contributed by atoms with Crippen LogP contribution in [0.5, 0.6) is 11.5 Å². The number of esters is 1. The Hall–Kier alpha value is -2.29. The number of phenols is 1. The Labute approximate surface area is 201 Å². The lowest BCUT2D eigenvalue weighted by Gasteiger charge is -2.29. The predicted octanol–water partition coefficient (Wildman–Crippen LogP) is 8.11. The zero-order valence-electron chi connectivity index (χ0n) is 23.1. The first-order valence-corrected chi connectivity index (χ1v) is 11.9. The number of ether oxygens (including phenoxy) is 1. The summed E-state index contributed by atoms with van der Waals surface area (Å²) in [4.78, 5) is 13.5. The lowest BCUT2D eigenvalue weighted by atomic mass is 9.78. The van der Waals surface area contributed by atoms with E-state index in [2.05, 4.69) is 54.5 Å². The molecule has 0 spiro atoms. The molecular weight excluding hydrogens is 408 g/mol. The monoisotopic (exact) mass is 452 g/mol. The van der Waals surface area contributed by atoms with Crippen LogP contribution in [0.15, 0.2) is 24.3 Å². The zero-order valence-corrected chi connectivity index (χ0v) is 23.1. The van der Waals surface area contributed by atoms with Crippen molar-refractivity contribution in [2.24, 2.45) is 0 Å². The van der Waals surface area contributed by atoms with Crippen LogP contribution < -0.4 is 4.74 Å². The molecule has 2 aromatic carbocycles. The maximum Gasteiger partial charge on any atom is 0.343 e. The molecule has 0 fully saturated rings. The minimum Gasteiger partial charge on any atom is -0.507 e. The number of aryl methyl sites for hydroxylation is 1. The van der Waals surface area contributed by atoms with E-state index in [9.17, 15) is 9.90 Å². The highest BCUT2D eigenvalue weighted by Crippen LogP contribution is 2.41. The second-order valence-electron chi connectivity index (χ2n) is 13.5. The van der Waals surface area contributed by atoms with Crippen LogP contribution >= 0.6 is 0 Å². The Morgan fingerprint density at radius 2 is 1.03 bits per heavy atom. The summed E-state index contributed by atoms with van der Waals surface area (Å²) >= 11 is 0. The predicted molar refractivity (Wildman–Crippen MR) is 139 cm³/mol. The Kier molecular flexibility index (Phi) is 6.93. The fourth-order valence-corrected chi connectivity index (χ4v) is 4.21. The highest BCUT2D eigenvalue weighted by Gasteiger charge is 2.30. The number of phenolic OH excluding ortho intramolecular Hbond substituents is 1. The average Bonchev–Trinajstić information content (AvgIpc) is 2.57. The van der Waals surface area contributed by atoms with Gasteiger partial charge in [-0.1, -0.05) is 89.2 Å². The highest BCUT2D eigenvalue weighted by molar-refractivity contribution is 5.92. The van der Waals surface area contributed by atoms with E-state index < -0.39 is 5.97 Å². The standard InChI is InChI=1S/C30H44O3/c1-18-14-24(21(28(5,6)7)17-20(18)27(2,3)4)33-26(32)19-15-22(29(8,9)10)25(31)23(16-19)30(11,12)13/h14-17,31H,1-13H3. The molecule has 2 rings (SSSR count). The Morgan fingerprint density at radius 1 is 0.636 bits per heavy atom. The summed E-state index contributed by atoms with van der Waals surface area (Å²) in [5, 5.41) is 11.0. The minimum atomic E-state index is -0.403. The molecule has 3 nitrogen and oxygen atoms in total. The van der Waals surface area contributed by atoms with Gasteiger partial charge in [0.25, 0.3) is 0 Å². The van der Waals surface area contributed by atoms with E-state index in [1.165, 1.54) is 5.56 Å². The number of carbonyl (C=O) groups is 1. The van der Waals surface area contributed by atoms with Gasteiger partial charge in [0, 0.05) is 16.7 Å². The van der Waals surface area contributed by atoms with E-state index in [0.717, 1.165) is 22.3 Å². The van der Waals surface area contributed by atoms with Crippen molar-refractivity contribution in [2.45, 2.75) is 112 Å². The molecule has 0 aliphatic rings. The smallest absolute Gasteiger partial charge is 0.343 e. The molecule has 0 saturated carbocycles. The van der Waals surface area contributed by atoms with Crippen LogP contribution in [0, 0.1) is 6.92 Å². The van der Waals surface area contributed by atoms with Crippen molar-refractivity contribution in [3.8, 4) is 11.5 Å². The quantitative estimate of drug-likeness (QED) is 0.370. The first kappa shape index (κ1) is 27.0. The van der Waals surface area contributed by atoms with Crippen LogP contribution in [0.2, 0.25) is 0 Å². The van der Waals surface area contributed by atoms with E-state index in [1.54, 1.807) is 12.1 Å². The van der Waals surface area contributed by atoms with Gasteiger partial charge in [0.05, 0.1) is 5.56 Å². The molecule has 0 saturated heterocycles. The fourth-order valence-electron chi connectivity index (χ4n) is 4.21. The number of carbonyl (C=O) groups excluding carboxylic acids is 1. The first-order chi connectivity index (χ1) is 14.6. The molecule has 0 unspecified atom stereocenters. The van der Waals surface area contributed by atoms with Gasteiger partial charge in [0.1, 0.15) is 11.5 Å². The molecule has 0 radical (unpaired) electrons. The molecule has 0 atom stereocenters. The van der Waals surface area contributed by atoms with Crippen LogP contribution in [0.4, 0.5) is 0 Å². The van der Waals surface area contributed by atoms with Gasteiger partial charge in [-0.25, -0.2) is 4.79 Å². The van der Waals surface area contributed by atoms with E-state index in [-0.39, 0.29) is 27.4 Å². The van der Waals surface area contributed by atoms with Crippen LogP contribution in [-0.4, -0.2) is 11.1 Å². The summed E-state index contributed by atoms with van der Waals surface area (Å²) in [5.41, 5.74) is 4.49. The summed E-state index contributed by atoms with van der Waals surface area (Å²) in [6.45, 7) is 27.3. The third kappa shape index (κ3) is 5.99. The van der Waals surface area contributed by atoms with Gasteiger partial charge in [-0.15, -0.1) is 0 Å². The summed E-state index contributed by atoms with van der Waals surface area (Å²) in [6, 6.07) is 7.74. The van der Waals surface area contributed by atoms with Crippen LogP contribution in [0.25, 0.3) is 0 Å². The number of rotatable bonds is 2. The number of hydrogen-bond acceptors (Lipinski definition) is 3. The Morgan fingerprint density at radius 3 is 1.39 bits per heavy atom. The third-order valence-electron chi connectivity index (χ3n) is 6.11. The second-order valence-corrected chi connectivity index (χ2v) is 13.5. The second kappa shape index (κ2) is 8.49. The molecule has 2 aromatic rings. The molecule has 0 aliphatic carbocycles. The Balaban J connectivity index is 2.67. The van der Waals surface area contributed by atoms with Gasteiger partial charge in [0.2, 0.25) is 0 Å². The molecule has 0 bridgehead atoms. The number of benzene rings is 2. The van der Waals surface area contributed by atoms with Gasteiger partial charge >= 0.3 is 5.97 Å². The molecule has 1 N–H and O–H groups in total. The van der Waals surface area contributed by atoms with E-state index >= 15 is 0 Å². The molecule has 182 valence electrons. The topological polar surface area (TPSA) is 46.5 Å². The van der Waals surface area contributed by atoms with Crippen LogP contribution in [0.3, 0.4) is 0 Å². The van der Waals surface area contributed by atoms with Crippen molar-refractivity contribution in [1.82, 2.24) is 0 Å². The highest BCUT2D eigenvalue weighted by atomic mass is 16.5. The normalized spacial score (nSPS) is 13.2. The largest absolute Gasteiger partial charge is 0.507 e. The van der Waals surface area contributed by atoms with Gasteiger partial charge in [-0.2, -0.15) is 0 Å². The van der Waals surface area contributed by atoms with E-state index in [1.807, 2.05) is 47.6 Å². The molecule has 0 aliphatic heterocycles. The van der Waals surface area contributed by atoms with Crippen molar-refractivity contribution in [2.75, 3.05) is 0 Å². The third-order valence-corrected chi connectivity index (χ3v) is 6.11. The van der Waals surface area contributed by atoms with Crippen molar-refractivity contribution < 1.29 is 14.6 Å². The Bertz CT molecular complexity index is 1010. The number of aromatic hydroxyl groups is 1. The zero-order chi connectivity index (χ0) is 25.7. The van der Waals surface area contributed by atoms with E-state index in [4.69, 9.17) is 4.74 Å². The molecule has 0 heterocycles. The van der Waals surface area contributed by atoms with Gasteiger partial charge in [-0.3, -0.25) is 0 Å². The molecule has 3 heteroatoms. The van der Waals surface area contributed by atoms with Crippen molar-refractivity contribution in [1.29, 1.82) is 0 Å². The van der Waals surface area contributed by atoms with Crippen molar-refractivity contribution >= 4 is 5.97 Å². The summed E-state index contributed by atoms with van der Waals surface area (Å²) in [5.74, 6) is 0.451. The molecule has 33 heavy (non-hydrogen) atoms.